The number of anilines is 1. The Balaban J connectivity index is 2.00. The van der Waals surface area contributed by atoms with Crippen LogP contribution in [0.15, 0.2) is 24.3 Å². The van der Waals surface area contributed by atoms with E-state index in [2.05, 4.69) is 5.32 Å². The molecule has 0 unspecified atom stereocenters. The number of carbonyl (C=O) groups is 2. The van der Waals surface area contributed by atoms with Crippen molar-refractivity contribution in [3.05, 3.63) is 29.8 Å². The Bertz CT molecular complexity index is 496. The lowest BCUT2D eigenvalue weighted by molar-refractivity contribution is -0.126. The number of benzene rings is 1. The van der Waals surface area contributed by atoms with Crippen LogP contribution >= 0.6 is 0 Å². The van der Waals surface area contributed by atoms with Gasteiger partial charge >= 0.3 is 0 Å². The topological polar surface area (TPSA) is 69.6 Å². The van der Waals surface area contributed by atoms with E-state index in [1.165, 1.54) is 0 Å². The molecule has 2 rings (SSSR count). The molecule has 20 heavy (non-hydrogen) atoms. The second-order valence-corrected chi connectivity index (χ2v) is 5.34. The van der Waals surface area contributed by atoms with Crippen LogP contribution in [0.5, 0.6) is 0 Å². The average molecular weight is 276 g/mol. The van der Waals surface area contributed by atoms with Crippen molar-refractivity contribution >= 4 is 17.5 Å². The summed E-state index contributed by atoms with van der Waals surface area (Å²) in [4.78, 5) is 25.6. The molecule has 5 heteroatoms. The highest BCUT2D eigenvalue weighted by atomic mass is 16.3. The van der Waals surface area contributed by atoms with E-state index in [4.69, 9.17) is 5.11 Å². The summed E-state index contributed by atoms with van der Waals surface area (Å²) >= 11 is 0. The van der Waals surface area contributed by atoms with Crippen molar-refractivity contribution in [3.8, 4) is 0 Å². The van der Waals surface area contributed by atoms with E-state index < -0.39 is 6.10 Å². The smallest absolute Gasteiger partial charge is 0.227 e. The molecule has 1 aromatic carbocycles. The minimum absolute atomic E-state index is 0.0361. The minimum atomic E-state index is -0.579. The van der Waals surface area contributed by atoms with Crippen LogP contribution in [0.3, 0.4) is 0 Å². The fourth-order valence-electron chi connectivity index (χ4n) is 2.25. The summed E-state index contributed by atoms with van der Waals surface area (Å²) in [5.41, 5.74) is 1.96. The zero-order valence-corrected chi connectivity index (χ0v) is 11.8. The summed E-state index contributed by atoms with van der Waals surface area (Å²) in [6, 6.07) is 7.68. The molecule has 0 aromatic heterocycles. The van der Waals surface area contributed by atoms with Crippen LogP contribution in [0.1, 0.15) is 18.9 Å². The third-order valence-corrected chi connectivity index (χ3v) is 3.41. The van der Waals surface area contributed by atoms with Crippen molar-refractivity contribution < 1.29 is 14.7 Å². The number of hydrogen-bond acceptors (Lipinski definition) is 3. The van der Waals surface area contributed by atoms with Crippen molar-refractivity contribution in [1.29, 1.82) is 0 Å². The molecule has 2 atom stereocenters. The zero-order valence-electron chi connectivity index (χ0n) is 11.8. The highest BCUT2D eigenvalue weighted by Crippen LogP contribution is 2.25. The van der Waals surface area contributed by atoms with Crippen LogP contribution < -0.4 is 10.2 Å². The van der Waals surface area contributed by atoms with Crippen LogP contribution in [-0.2, 0) is 9.59 Å². The number of nitrogens with zero attached hydrogens (tertiary/aromatic N) is 1. The van der Waals surface area contributed by atoms with Gasteiger partial charge in [0.25, 0.3) is 0 Å². The fraction of sp³-hybridized carbons (Fsp3) is 0.467. The van der Waals surface area contributed by atoms with Gasteiger partial charge in [-0.2, -0.15) is 0 Å². The molecular weight excluding hydrogens is 256 g/mol. The Morgan fingerprint density at radius 1 is 1.45 bits per heavy atom. The molecule has 1 aliphatic rings. The van der Waals surface area contributed by atoms with E-state index in [-0.39, 0.29) is 30.7 Å². The molecule has 2 N–H and O–H groups in total. The zero-order chi connectivity index (χ0) is 14.7. The highest BCUT2D eigenvalue weighted by Gasteiger charge is 2.34. The van der Waals surface area contributed by atoms with Gasteiger partial charge < -0.3 is 15.3 Å². The fourth-order valence-corrected chi connectivity index (χ4v) is 2.25. The number of carbonyl (C=O) groups excluding carboxylic acids is 2. The summed E-state index contributed by atoms with van der Waals surface area (Å²) < 4.78 is 0. The van der Waals surface area contributed by atoms with E-state index in [0.29, 0.717) is 6.54 Å². The van der Waals surface area contributed by atoms with Gasteiger partial charge in [0.15, 0.2) is 0 Å². The molecule has 108 valence electrons. The van der Waals surface area contributed by atoms with Crippen molar-refractivity contribution in [2.75, 3.05) is 18.0 Å². The Morgan fingerprint density at radius 2 is 2.10 bits per heavy atom. The van der Waals surface area contributed by atoms with Gasteiger partial charge in [0.2, 0.25) is 11.8 Å². The summed E-state index contributed by atoms with van der Waals surface area (Å²) in [6.45, 7) is 4.21. The van der Waals surface area contributed by atoms with Gasteiger partial charge in [0.05, 0.1) is 12.0 Å². The maximum atomic E-state index is 12.0. The van der Waals surface area contributed by atoms with E-state index in [0.717, 1.165) is 11.3 Å². The number of aliphatic hydroxyl groups is 1. The molecule has 0 bridgehead atoms. The first kappa shape index (κ1) is 14.5. The lowest BCUT2D eigenvalue weighted by Crippen LogP contribution is -2.36. The van der Waals surface area contributed by atoms with Gasteiger partial charge in [0, 0.05) is 25.2 Å². The van der Waals surface area contributed by atoms with Crippen LogP contribution in [0, 0.1) is 12.8 Å². The lowest BCUT2D eigenvalue weighted by Gasteiger charge is -2.17. The first-order valence-electron chi connectivity index (χ1n) is 6.80. The highest BCUT2D eigenvalue weighted by molar-refractivity contribution is 6.00. The third-order valence-electron chi connectivity index (χ3n) is 3.41. The first-order valence-corrected chi connectivity index (χ1v) is 6.80. The van der Waals surface area contributed by atoms with Crippen LogP contribution in [-0.4, -0.2) is 36.1 Å². The molecule has 1 aliphatic heterocycles. The summed E-state index contributed by atoms with van der Waals surface area (Å²) in [7, 11) is 0. The molecule has 0 spiro atoms. The van der Waals surface area contributed by atoms with Gasteiger partial charge in [-0.05, 0) is 26.0 Å². The Hall–Kier alpha value is -1.88. The van der Waals surface area contributed by atoms with Crippen molar-refractivity contribution in [2.24, 2.45) is 5.92 Å². The summed E-state index contributed by atoms with van der Waals surface area (Å²) in [5.74, 6) is -0.553. The number of rotatable bonds is 4. The number of amides is 2. The van der Waals surface area contributed by atoms with Crippen LogP contribution in [0.25, 0.3) is 0 Å². The predicted molar refractivity (Wildman–Crippen MR) is 76.3 cm³/mol. The van der Waals surface area contributed by atoms with Gasteiger partial charge in [-0.1, -0.05) is 17.7 Å². The second kappa shape index (κ2) is 6.05. The largest absolute Gasteiger partial charge is 0.392 e. The monoisotopic (exact) mass is 276 g/mol. The number of hydrogen-bond donors (Lipinski definition) is 2. The standard InChI is InChI=1S/C15H20N2O3/c1-10-3-5-13(6-4-10)17-9-12(7-14(17)19)15(20)16-8-11(2)18/h3-6,11-12,18H,7-9H2,1-2H3,(H,16,20)/t11-,12+/m0/s1. The molecule has 0 aliphatic carbocycles. The number of aryl methyl sites for hydroxylation is 1. The van der Waals surface area contributed by atoms with E-state index in [1.807, 2.05) is 31.2 Å². The van der Waals surface area contributed by atoms with Gasteiger partial charge in [-0.25, -0.2) is 0 Å². The Morgan fingerprint density at radius 3 is 2.70 bits per heavy atom. The van der Waals surface area contributed by atoms with E-state index >= 15 is 0 Å². The molecule has 2 amide bonds. The Labute approximate surface area is 118 Å². The molecule has 5 nitrogen and oxygen atoms in total. The lowest BCUT2D eigenvalue weighted by atomic mass is 10.1. The van der Waals surface area contributed by atoms with Crippen molar-refractivity contribution in [1.82, 2.24) is 5.32 Å². The summed E-state index contributed by atoms with van der Waals surface area (Å²) in [5, 5.41) is 11.8. The van der Waals surface area contributed by atoms with E-state index in [1.54, 1.807) is 11.8 Å². The quantitative estimate of drug-likeness (QED) is 0.856. The molecular formula is C15H20N2O3. The maximum absolute atomic E-state index is 12.0. The van der Waals surface area contributed by atoms with Gasteiger partial charge in [-0.15, -0.1) is 0 Å². The van der Waals surface area contributed by atoms with Gasteiger partial charge in [-0.3, -0.25) is 9.59 Å². The number of aliphatic hydroxyl groups excluding tert-OH is 1. The van der Waals surface area contributed by atoms with Crippen LogP contribution in [0.4, 0.5) is 5.69 Å². The van der Waals surface area contributed by atoms with Crippen molar-refractivity contribution in [3.63, 3.8) is 0 Å². The minimum Gasteiger partial charge on any atom is -0.392 e. The molecule has 1 saturated heterocycles. The Kier molecular flexibility index (Phi) is 4.39. The number of nitrogens with one attached hydrogen (secondary N) is 1. The predicted octanol–water partition coefficient (Wildman–Crippen LogP) is 0.845. The molecule has 1 heterocycles. The van der Waals surface area contributed by atoms with Crippen LogP contribution in [0.2, 0.25) is 0 Å². The molecule has 0 saturated carbocycles. The third kappa shape index (κ3) is 3.36. The first-order chi connectivity index (χ1) is 9.47. The van der Waals surface area contributed by atoms with Crippen molar-refractivity contribution in [2.45, 2.75) is 26.4 Å². The molecule has 0 radical (unpaired) electrons. The average Bonchev–Trinajstić information content (AvgIpc) is 2.79. The molecule has 1 fully saturated rings. The molecule has 1 aromatic rings. The summed E-state index contributed by atoms with van der Waals surface area (Å²) in [6.07, 6.45) is -0.358. The normalized spacial score (nSPS) is 20.1. The SMILES string of the molecule is Cc1ccc(N2C[C@H](C(=O)NC[C@H](C)O)CC2=O)cc1. The second-order valence-electron chi connectivity index (χ2n) is 5.34. The van der Waals surface area contributed by atoms with Gasteiger partial charge in [0.1, 0.15) is 0 Å². The maximum Gasteiger partial charge on any atom is 0.227 e. The van der Waals surface area contributed by atoms with E-state index in [9.17, 15) is 9.59 Å².